The molecule has 1 fully saturated rings. The molecule has 1 aromatic rings. The maximum atomic E-state index is 8.90. The van der Waals surface area contributed by atoms with Crippen LogP contribution in [0.2, 0.25) is 0 Å². The lowest BCUT2D eigenvalue weighted by Gasteiger charge is -2.31. The minimum atomic E-state index is -0.434. The highest BCUT2D eigenvalue weighted by Gasteiger charge is 2.24. The Labute approximate surface area is 105 Å². The van der Waals surface area contributed by atoms with Crippen molar-refractivity contribution in [2.75, 3.05) is 44.1 Å². The van der Waals surface area contributed by atoms with Crippen molar-refractivity contribution in [3.63, 3.8) is 0 Å². The molecule has 0 bridgehead atoms. The van der Waals surface area contributed by atoms with E-state index in [-0.39, 0.29) is 0 Å². The van der Waals surface area contributed by atoms with E-state index in [1.807, 2.05) is 4.90 Å². The summed E-state index contributed by atoms with van der Waals surface area (Å²) in [5.41, 5.74) is 0. The maximum Gasteiger partial charge on any atom is 0.204 e. The summed E-state index contributed by atoms with van der Waals surface area (Å²) in [6, 6.07) is 2.11. The molecule has 0 aromatic carbocycles. The normalized spacial score (nSPS) is 19.2. The van der Waals surface area contributed by atoms with Crippen LogP contribution >= 0.6 is 0 Å². The van der Waals surface area contributed by atoms with Crippen LogP contribution in [0.5, 0.6) is 5.75 Å². The quantitative estimate of drug-likeness (QED) is 0.822. The second-order valence-electron chi connectivity index (χ2n) is 3.76. The molecule has 2 rings (SSSR count). The van der Waals surface area contributed by atoms with Crippen molar-refractivity contribution in [3.05, 3.63) is 6.33 Å². The van der Waals surface area contributed by atoms with Crippen molar-refractivity contribution in [1.82, 2.24) is 9.97 Å². The molecule has 0 spiro atoms. The summed E-state index contributed by atoms with van der Waals surface area (Å²) in [6.45, 7) is 1.65. The average molecular weight is 249 g/mol. The SMILES string of the molecule is CNc1ncnc(N2CCOC(C#N)C2)c1OC. The Kier molecular flexibility index (Phi) is 3.79. The van der Waals surface area contributed by atoms with Gasteiger partial charge in [0.25, 0.3) is 0 Å². The molecule has 0 saturated carbocycles. The van der Waals surface area contributed by atoms with E-state index < -0.39 is 6.10 Å². The van der Waals surface area contributed by atoms with E-state index in [4.69, 9.17) is 14.7 Å². The molecule has 0 amide bonds. The summed E-state index contributed by atoms with van der Waals surface area (Å²) >= 11 is 0. The number of anilines is 2. The molecule has 1 unspecified atom stereocenters. The number of methoxy groups -OCH3 is 1. The predicted molar refractivity (Wildman–Crippen MR) is 65.7 cm³/mol. The first-order chi connectivity index (χ1) is 8.80. The van der Waals surface area contributed by atoms with Crippen molar-refractivity contribution in [2.45, 2.75) is 6.10 Å². The molecule has 18 heavy (non-hydrogen) atoms. The number of nitriles is 1. The van der Waals surface area contributed by atoms with Crippen molar-refractivity contribution < 1.29 is 9.47 Å². The average Bonchev–Trinajstić information content (AvgIpc) is 2.46. The smallest absolute Gasteiger partial charge is 0.204 e. The topological polar surface area (TPSA) is 83.3 Å². The van der Waals surface area contributed by atoms with Crippen LogP contribution in [0.15, 0.2) is 6.33 Å². The van der Waals surface area contributed by atoms with Gasteiger partial charge < -0.3 is 19.7 Å². The van der Waals surface area contributed by atoms with E-state index >= 15 is 0 Å². The summed E-state index contributed by atoms with van der Waals surface area (Å²) in [7, 11) is 3.34. The Morgan fingerprint density at radius 2 is 2.44 bits per heavy atom. The fourth-order valence-electron chi connectivity index (χ4n) is 1.88. The van der Waals surface area contributed by atoms with Gasteiger partial charge in [0.2, 0.25) is 5.75 Å². The van der Waals surface area contributed by atoms with Gasteiger partial charge >= 0.3 is 0 Å². The van der Waals surface area contributed by atoms with Gasteiger partial charge in [0.05, 0.1) is 26.3 Å². The highest BCUT2D eigenvalue weighted by Crippen LogP contribution is 2.32. The van der Waals surface area contributed by atoms with Gasteiger partial charge in [-0.2, -0.15) is 5.26 Å². The molecule has 1 saturated heterocycles. The van der Waals surface area contributed by atoms with Gasteiger partial charge in [-0.25, -0.2) is 9.97 Å². The van der Waals surface area contributed by atoms with E-state index in [0.717, 1.165) is 0 Å². The molecule has 1 N–H and O–H groups in total. The molecule has 2 heterocycles. The minimum absolute atomic E-state index is 0.434. The highest BCUT2D eigenvalue weighted by molar-refractivity contribution is 5.64. The Morgan fingerprint density at radius 3 is 3.11 bits per heavy atom. The Morgan fingerprint density at radius 1 is 1.61 bits per heavy atom. The predicted octanol–water partition coefficient (Wildman–Crippen LogP) is 0.256. The first kappa shape index (κ1) is 12.4. The van der Waals surface area contributed by atoms with E-state index in [1.54, 1.807) is 14.2 Å². The third-order valence-corrected chi connectivity index (χ3v) is 2.74. The summed E-state index contributed by atoms with van der Waals surface area (Å²) in [6.07, 6.45) is 1.04. The van der Waals surface area contributed by atoms with E-state index in [2.05, 4.69) is 21.4 Å². The molecule has 1 aliphatic rings. The van der Waals surface area contributed by atoms with Crippen molar-refractivity contribution in [2.24, 2.45) is 0 Å². The zero-order valence-corrected chi connectivity index (χ0v) is 10.4. The maximum absolute atomic E-state index is 8.90. The third kappa shape index (κ3) is 2.28. The van der Waals surface area contributed by atoms with Gasteiger partial charge in [0.1, 0.15) is 6.33 Å². The summed E-state index contributed by atoms with van der Waals surface area (Å²) in [5, 5.41) is 11.9. The Hall–Kier alpha value is -2.07. The zero-order valence-electron chi connectivity index (χ0n) is 10.4. The molecule has 7 heteroatoms. The van der Waals surface area contributed by atoms with E-state index in [9.17, 15) is 0 Å². The number of nitrogens with one attached hydrogen (secondary N) is 1. The molecule has 1 atom stereocenters. The van der Waals surface area contributed by atoms with Gasteiger partial charge in [0, 0.05) is 13.6 Å². The Bertz CT molecular complexity index is 459. The van der Waals surface area contributed by atoms with Crippen molar-refractivity contribution >= 4 is 11.6 Å². The monoisotopic (exact) mass is 249 g/mol. The molecule has 0 radical (unpaired) electrons. The van der Waals surface area contributed by atoms with Crippen LogP contribution in [0, 0.1) is 11.3 Å². The highest BCUT2D eigenvalue weighted by atomic mass is 16.5. The van der Waals surface area contributed by atoms with Crippen LogP contribution in [0.3, 0.4) is 0 Å². The summed E-state index contributed by atoms with van der Waals surface area (Å²) < 4.78 is 10.6. The fourth-order valence-corrected chi connectivity index (χ4v) is 1.88. The van der Waals surface area contributed by atoms with Gasteiger partial charge in [-0.1, -0.05) is 0 Å². The lowest BCUT2D eigenvalue weighted by Crippen LogP contribution is -2.42. The number of hydrogen-bond donors (Lipinski definition) is 1. The fraction of sp³-hybridized carbons (Fsp3) is 0.545. The molecule has 1 aromatic heterocycles. The second kappa shape index (κ2) is 5.51. The van der Waals surface area contributed by atoms with Crippen LogP contribution in [0.25, 0.3) is 0 Å². The number of ether oxygens (including phenoxy) is 2. The van der Waals surface area contributed by atoms with E-state index in [1.165, 1.54) is 6.33 Å². The zero-order chi connectivity index (χ0) is 13.0. The molecular weight excluding hydrogens is 234 g/mol. The van der Waals surface area contributed by atoms with Gasteiger partial charge in [-0.05, 0) is 0 Å². The van der Waals surface area contributed by atoms with Gasteiger partial charge in [-0.15, -0.1) is 0 Å². The van der Waals surface area contributed by atoms with Crippen molar-refractivity contribution in [1.29, 1.82) is 5.26 Å². The van der Waals surface area contributed by atoms with Crippen LogP contribution < -0.4 is 15.0 Å². The van der Waals surface area contributed by atoms with Crippen LogP contribution in [-0.4, -0.2) is 49.9 Å². The standard InChI is InChI=1S/C11H15N5O2/c1-13-10-9(17-2)11(15-7-14-10)16-3-4-18-8(5-12)6-16/h7-8H,3-4,6H2,1-2H3,(H,13,14,15). The first-order valence-corrected chi connectivity index (χ1v) is 5.63. The number of hydrogen-bond acceptors (Lipinski definition) is 7. The Balaban J connectivity index is 2.30. The number of aromatic nitrogens is 2. The second-order valence-corrected chi connectivity index (χ2v) is 3.76. The molecule has 96 valence electrons. The lowest BCUT2D eigenvalue weighted by molar-refractivity contribution is 0.0759. The van der Waals surface area contributed by atoms with Gasteiger partial charge in [-0.3, -0.25) is 0 Å². The summed E-state index contributed by atoms with van der Waals surface area (Å²) in [4.78, 5) is 10.3. The number of rotatable bonds is 3. The van der Waals surface area contributed by atoms with Gasteiger partial charge in [0.15, 0.2) is 17.7 Å². The molecule has 0 aliphatic carbocycles. The molecule has 1 aliphatic heterocycles. The largest absolute Gasteiger partial charge is 0.490 e. The van der Waals surface area contributed by atoms with Crippen LogP contribution in [-0.2, 0) is 4.74 Å². The summed E-state index contributed by atoms with van der Waals surface area (Å²) in [5.74, 6) is 1.89. The van der Waals surface area contributed by atoms with Crippen LogP contribution in [0.4, 0.5) is 11.6 Å². The molecule has 7 nitrogen and oxygen atoms in total. The number of morpholine rings is 1. The number of nitrogens with zero attached hydrogens (tertiary/aromatic N) is 4. The molecular formula is C11H15N5O2. The van der Waals surface area contributed by atoms with E-state index in [0.29, 0.717) is 37.1 Å². The lowest BCUT2D eigenvalue weighted by atomic mass is 10.3. The van der Waals surface area contributed by atoms with Crippen LogP contribution in [0.1, 0.15) is 0 Å². The minimum Gasteiger partial charge on any atom is -0.490 e. The van der Waals surface area contributed by atoms with Crippen molar-refractivity contribution in [3.8, 4) is 11.8 Å². The first-order valence-electron chi connectivity index (χ1n) is 5.63. The third-order valence-electron chi connectivity index (χ3n) is 2.74.